The molecule has 2 rings (SSSR count). The highest BCUT2D eigenvalue weighted by Crippen LogP contribution is 2.16. The van der Waals surface area contributed by atoms with Crippen molar-refractivity contribution in [2.75, 3.05) is 19.6 Å². The maximum Gasteiger partial charge on any atom is 0.252 e. The fourth-order valence-corrected chi connectivity index (χ4v) is 2.65. The molecule has 0 fully saturated rings. The van der Waals surface area contributed by atoms with Crippen LogP contribution >= 0.6 is 11.6 Å². The maximum absolute atomic E-state index is 13.0. The van der Waals surface area contributed by atoms with E-state index in [0.29, 0.717) is 5.56 Å². The van der Waals surface area contributed by atoms with Crippen LogP contribution in [-0.2, 0) is 16.0 Å². The monoisotopic (exact) mass is 423 g/mol. The number of carbonyl (C=O) groups is 3. The van der Waals surface area contributed by atoms with Crippen molar-refractivity contribution in [2.24, 2.45) is 0 Å². The standard InChI is InChI=1S/C20H20ClF2N3O3/c21-17-12-15(23)5-6-16(17)20(29)26-8-7-18(27)24-9-10-25-19(28)11-13-1-3-14(22)4-2-13/h1-6,12H,7-11H2,(H,24,27)(H,25,28)(H,26,29). The van der Waals surface area contributed by atoms with Gasteiger partial charge in [-0.1, -0.05) is 23.7 Å². The molecule has 0 aromatic heterocycles. The van der Waals surface area contributed by atoms with Crippen LogP contribution in [0, 0.1) is 11.6 Å². The Kier molecular flexibility index (Phi) is 8.54. The average molecular weight is 424 g/mol. The van der Waals surface area contributed by atoms with Gasteiger partial charge in [-0.15, -0.1) is 0 Å². The smallest absolute Gasteiger partial charge is 0.252 e. The molecule has 0 spiro atoms. The zero-order chi connectivity index (χ0) is 21.2. The van der Waals surface area contributed by atoms with Crippen molar-refractivity contribution in [2.45, 2.75) is 12.8 Å². The van der Waals surface area contributed by atoms with Crippen molar-refractivity contribution in [1.29, 1.82) is 0 Å². The second-order valence-corrected chi connectivity index (χ2v) is 6.54. The molecule has 154 valence electrons. The van der Waals surface area contributed by atoms with Gasteiger partial charge in [-0.25, -0.2) is 8.78 Å². The molecular formula is C20H20ClF2N3O3. The number of benzene rings is 2. The summed E-state index contributed by atoms with van der Waals surface area (Å²) >= 11 is 5.80. The van der Waals surface area contributed by atoms with Gasteiger partial charge in [0.05, 0.1) is 17.0 Å². The van der Waals surface area contributed by atoms with Gasteiger partial charge in [0.15, 0.2) is 0 Å². The third-order valence-electron chi connectivity index (χ3n) is 3.86. The number of hydrogen-bond donors (Lipinski definition) is 3. The minimum Gasteiger partial charge on any atom is -0.354 e. The Morgan fingerprint density at radius 2 is 1.41 bits per heavy atom. The van der Waals surface area contributed by atoms with Gasteiger partial charge < -0.3 is 16.0 Å². The van der Waals surface area contributed by atoms with Gasteiger partial charge >= 0.3 is 0 Å². The van der Waals surface area contributed by atoms with Gasteiger partial charge in [0.2, 0.25) is 11.8 Å². The molecule has 0 unspecified atom stereocenters. The fourth-order valence-electron chi connectivity index (χ4n) is 2.40. The molecule has 6 nitrogen and oxygen atoms in total. The quantitative estimate of drug-likeness (QED) is 0.540. The van der Waals surface area contributed by atoms with Crippen LogP contribution in [0.15, 0.2) is 42.5 Å². The lowest BCUT2D eigenvalue weighted by atomic mass is 10.1. The third-order valence-corrected chi connectivity index (χ3v) is 4.17. The van der Waals surface area contributed by atoms with E-state index in [2.05, 4.69) is 16.0 Å². The normalized spacial score (nSPS) is 10.3. The first-order valence-corrected chi connectivity index (χ1v) is 9.24. The van der Waals surface area contributed by atoms with Gasteiger partial charge in [-0.05, 0) is 35.9 Å². The summed E-state index contributed by atoms with van der Waals surface area (Å²) in [4.78, 5) is 35.5. The number of rotatable bonds is 9. The van der Waals surface area contributed by atoms with Crippen molar-refractivity contribution < 1.29 is 23.2 Å². The van der Waals surface area contributed by atoms with E-state index in [-0.39, 0.29) is 60.7 Å². The van der Waals surface area contributed by atoms with Crippen LogP contribution in [0.3, 0.4) is 0 Å². The van der Waals surface area contributed by atoms with E-state index in [1.54, 1.807) is 0 Å². The summed E-state index contributed by atoms with van der Waals surface area (Å²) in [6.07, 6.45) is 0.153. The lowest BCUT2D eigenvalue weighted by Gasteiger charge is -2.09. The molecule has 0 atom stereocenters. The SMILES string of the molecule is O=C(CCNC(=O)c1ccc(F)cc1Cl)NCCNC(=O)Cc1ccc(F)cc1. The largest absolute Gasteiger partial charge is 0.354 e. The van der Waals surface area contributed by atoms with E-state index < -0.39 is 11.7 Å². The molecular weight excluding hydrogens is 404 g/mol. The summed E-state index contributed by atoms with van der Waals surface area (Å²) in [6, 6.07) is 9.05. The lowest BCUT2D eigenvalue weighted by Crippen LogP contribution is -2.36. The van der Waals surface area contributed by atoms with Gasteiger partial charge in [0, 0.05) is 26.1 Å². The van der Waals surface area contributed by atoms with E-state index in [0.717, 1.165) is 12.1 Å². The molecule has 0 aliphatic rings. The number of hydrogen-bond acceptors (Lipinski definition) is 3. The van der Waals surface area contributed by atoms with Gasteiger partial charge in [0.25, 0.3) is 5.91 Å². The highest BCUT2D eigenvalue weighted by molar-refractivity contribution is 6.33. The first kappa shape index (κ1) is 22.3. The van der Waals surface area contributed by atoms with Crippen molar-refractivity contribution in [3.8, 4) is 0 Å². The van der Waals surface area contributed by atoms with E-state index in [1.165, 1.54) is 30.3 Å². The van der Waals surface area contributed by atoms with Crippen LogP contribution < -0.4 is 16.0 Å². The number of nitrogens with one attached hydrogen (secondary N) is 3. The molecule has 0 radical (unpaired) electrons. The molecule has 3 amide bonds. The number of halogens is 3. The van der Waals surface area contributed by atoms with Gasteiger partial charge in [-0.2, -0.15) is 0 Å². The Bertz CT molecular complexity index is 876. The van der Waals surface area contributed by atoms with Crippen molar-refractivity contribution in [1.82, 2.24) is 16.0 Å². The van der Waals surface area contributed by atoms with Gasteiger partial charge in [0.1, 0.15) is 11.6 Å². The molecule has 3 N–H and O–H groups in total. The Hall–Kier alpha value is -3.00. The van der Waals surface area contributed by atoms with E-state index in [4.69, 9.17) is 11.6 Å². The molecule has 0 heterocycles. The van der Waals surface area contributed by atoms with Crippen molar-refractivity contribution in [3.63, 3.8) is 0 Å². The molecule has 0 saturated heterocycles. The molecule has 2 aromatic carbocycles. The minimum absolute atomic E-state index is 0.0108. The molecule has 0 aliphatic heterocycles. The Balaban J connectivity index is 1.59. The fraction of sp³-hybridized carbons (Fsp3) is 0.250. The van der Waals surface area contributed by atoms with Crippen LogP contribution in [0.1, 0.15) is 22.3 Å². The van der Waals surface area contributed by atoms with Crippen LogP contribution in [0.25, 0.3) is 0 Å². The van der Waals surface area contributed by atoms with E-state index >= 15 is 0 Å². The zero-order valence-corrected chi connectivity index (χ0v) is 16.2. The van der Waals surface area contributed by atoms with Crippen LogP contribution in [0.5, 0.6) is 0 Å². The van der Waals surface area contributed by atoms with Crippen LogP contribution in [0.2, 0.25) is 5.02 Å². The highest BCUT2D eigenvalue weighted by atomic mass is 35.5. The third kappa shape index (κ3) is 7.87. The summed E-state index contributed by atoms with van der Waals surface area (Å²) in [7, 11) is 0. The average Bonchev–Trinajstić information content (AvgIpc) is 2.67. The topological polar surface area (TPSA) is 87.3 Å². The van der Waals surface area contributed by atoms with E-state index in [9.17, 15) is 23.2 Å². The summed E-state index contributed by atoms with van der Waals surface area (Å²) in [5, 5.41) is 7.77. The first-order chi connectivity index (χ1) is 13.8. The predicted octanol–water partition coefficient (Wildman–Crippen LogP) is 2.21. The Morgan fingerprint density at radius 3 is 2.07 bits per heavy atom. The lowest BCUT2D eigenvalue weighted by molar-refractivity contribution is -0.122. The Labute approximate surface area is 171 Å². The first-order valence-electron chi connectivity index (χ1n) is 8.86. The summed E-state index contributed by atoms with van der Waals surface area (Å²) < 4.78 is 25.8. The maximum atomic E-state index is 13.0. The molecule has 0 saturated carbocycles. The summed E-state index contributed by atoms with van der Waals surface area (Å²) in [5.41, 5.74) is 0.808. The highest BCUT2D eigenvalue weighted by Gasteiger charge is 2.11. The van der Waals surface area contributed by atoms with Gasteiger partial charge in [-0.3, -0.25) is 14.4 Å². The van der Waals surface area contributed by atoms with Crippen molar-refractivity contribution in [3.05, 3.63) is 70.2 Å². The second kappa shape index (κ2) is 11.1. The summed E-state index contributed by atoms with van der Waals surface area (Å²) in [5.74, 6) is -1.96. The molecule has 9 heteroatoms. The minimum atomic E-state index is -0.546. The molecule has 29 heavy (non-hydrogen) atoms. The molecule has 0 aliphatic carbocycles. The van der Waals surface area contributed by atoms with E-state index in [1.807, 2.05) is 0 Å². The summed E-state index contributed by atoms with van der Waals surface area (Å²) in [6.45, 7) is 0.546. The molecule has 0 bridgehead atoms. The van der Waals surface area contributed by atoms with Crippen LogP contribution in [-0.4, -0.2) is 37.4 Å². The van der Waals surface area contributed by atoms with Crippen molar-refractivity contribution >= 4 is 29.3 Å². The van der Waals surface area contributed by atoms with Crippen LogP contribution in [0.4, 0.5) is 8.78 Å². The predicted molar refractivity (Wildman–Crippen MR) is 104 cm³/mol. The Morgan fingerprint density at radius 1 is 0.793 bits per heavy atom. The zero-order valence-electron chi connectivity index (χ0n) is 15.4. The second-order valence-electron chi connectivity index (χ2n) is 6.13. The number of carbonyl (C=O) groups excluding carboxylic acids is 3. The molecule has 2 aromatic rings. The number of amides is 3.